The predicted octanol–water partition coefficient (Wildman–Crippen LogP) is -0.633. The maximum Gasteiger partial charge on any atom is 1.00 e. The minimum absolute atomic E-state index is 0. The van der Waals surface area contributed by atoms with Gasteiger partial charge < -0.3 is 11.6 Å². The Balaban J connectivity index is 0.000000845. The van der Waals surface area contributed by atoms with E-state index in [-0.39, 0.29) is 42.5 Å². The van der Waals surface area contributed by atoms with Crippen LogP contribution in [0.2, 0.25) is 0 Å². The second-order valence-electron chi connectivity index (χ2n) is 2.65. The van der Waals surface area contributed by atoms with Crippen LogP contribution in [0.1, 0.15) is 1.43 Å². The normalized spacial score (nSPS) is 9.54. The van der Waals surface area contributed by atoms with Crippen LogP contribution in [0, 0.1) is 0 Å². The van der Waals surface area contributed by atoms with Crippen LogP contribution in [0.3, 0.4) is 0 Å². The van der Waals surface area contributed by atoms with E-state index in [4.69, 9.17) is 5.11 Å². The van der Waals surface area contributed by atoms with Crippen molar-refractivity contribution in [3.63, 3.8) is 0 Å². The van der Waals surface area contributed by atoms with Crippen LogP contribution in [-0.2, 0) is 0 Å². The fraction of sp³-hybridized carbons (Fsp3) is 0. The Bertz CT molecular complexity index is 431. The molecule has 0 aromatic heterocycles. The van der Waals surface area contributed by atoms with E-state index in [1.54, 1.807) is 12.1 Å². The maximum absolute atomic E-state index is 9.41. The van der Waals surface area contributed by atoms with Crippen molar-refractivity contribution in [1.82, 2.24) is 0 Å². The largest absolute Gasteiger partial charge is 1.00 e. The van der Waals surface area contributed by atoms with Crippen LogP contribution in [0.25, 0.3) is 10.8 Å². The van der Waals surface area contributed by atoms with Crippen molar-refractivity contribution in [2.24, 2.45) is 0 Å². The van der Waals surface area contributed by atoms with Crippen LogP contribution in [-0.4, -0.2) is 10.2 Å². The monoisotopic (exact) mass is 184 g/mol. The predicted molar refractivity (Wildman–Crippen MR) is 48.4 cm³/mol. The molecule has 2 aromatic rings. The molecule has 0 saturated heterocycles. The van der Waals surface area contributed by atoms with Crippen molar-refractivity contribution >= 4 is 10.8 Å². The molecule has 62 valence electrons. The summed E-state index contributed by atoms with van der Waals surface area (Å²) in [7, 11) is 0. The number of phenols is 2. The fourth-order valence-corrected chi connectivity index (χ4v) is 1.24. The summed E-state index contributed by atoms with van der Waals surface area (Å²) in [6.07, 6.45) is 0. The van der Waals surface area contributed by atoms with E-state index >= 15 is 0 Å². The first-order valence-corrected chi connectivity index (χ1v) is 3.69. The summed E-state index contributed by atoms with van der Waals surface area (Å²) < 4.78 is 0. The Hall–Kier alpha value is -0.700. The molecule has 0 unspecified atom stereocenters. The molecule has 0 atom stereocenters. The minimum atomic E-state index is -0.0753. The molecule has 13 heavy (non-hydrogen) atoms. The zero-order valence-electron chi connectivity index (χ0n) is 8.36. The Morgan fingerprint density at radius 1 is 0.923 bits per heavy atom. The molecule has 0 spiro atoms. The van der Waals surface area contributed by atoms with Crippen LogP contribution in [0.4, 0.5) is 0 Å². The number of hydrogen-bond acceptors (Lipinski definition) is 2. The Morgan fingerprint density at radius 2 is 1.62 bits per heavy atom. The average molecular weight is 184 g/mol. The number of phenolic OH excluding ortho intramolecular Hbond substituents is 2. The number of fused-ring (bicyclic) bond motifs is 1. The summed E-state index contributed by atoms with van der Waals surface area (Å²) in [5, 5.41) is 20.2. The second-order valence-corrected chi connectivity index (χ2v) is 2.65. The van der Waals surface area contributed by atoms with Gasteiger partial charge in [0.15, 0.2) is 11.5 Å². The topological polar surface area (TPSA) is 40.5 Å². The molecule has 0 radical (unpaired) electrons. The standard InChI is InChI=1S/C10H8O2.Na.H/c11-9-6-5-7-3-1-2-4-8(7)10(9)12;;/h1-6,11-12H;;/q;+1;-1. The molecule has 0 heterocycles. The van der Waals surface area contributed by atoms with E-state index in [2.05, 4.69) is 0 Å². The molecular formula is C10H9NaO2. The zero-order chi connectivity index (χ0) is 8.55. The van der Waals surface area contributed by atoms with Gasteiger partial charge in [-0.15, -0.1) is 0 Å². The van der Waals surface area contributed by atoms with Crippen LogP contribution < -0.4 is 29.6 Å². The smallest absolute Gasteiger partial charge is 1.00 e. The third kappa shape index (κ3) is 1.80. The number of benzene rings is 2. The molecule has 2 aromatic carbocycles. The number of hydrogen-bond donors (Lipinski definition) is 2. The molecule has 0 aliphatic rings. The molecule has 0 fully saturated rings. The minimum Gasteiger partial charge on any atom is -1.00 e. The van der Waals surface area contributed by atoms with Gasteiger partial charge in [-0.2, -0.15) is 0 Å². The third-order valence-corrected chi connectivity index (χ3v) is 1.88. The molecule has 0 amide bonds. The summed E-state index contributed by atoms with van der Waals surface area (Å²) in [6.45, 7) is 0. The zero-order valence-corrected chi connectivity index (χ0v) is 9.36. The van der Waals surface area contributed by atoms with Crippen LogP contribution >= 0.6 is 0 Å². The van der Waals surface area contributed by atoms with Gasteiger partial charge in [0.2, 0.25) is 0 Å². The molecule has 0 aliphatic carbocycles. The van der Waals surface area contributed by atoms with E-state index in [1.807, 2.05) is 18.2 Å². The SMILES string of the molecule is Oc1ccc2ccccc2c1O.[H-].[Na+]. The summed E-state index contributed by atoms with van der Waals surface area (Å²) in [4.78, 5) is 0. The van der Waals surface area contributed by atoms with Crippen LogP contribution in [0.5, 0.6) is 11.5 Å². The van der Waals surface area contributed by atoms with Crippen molar-refractivity contribution in [1.29, 1.82) is 0 Å². The van der Waals surface area contributed by atoms with Gasteiger partial charge in [0, 0.05) is 5.39 Å². The van der Waals surface area contributed by atoms with Gasteiger partial charge in [-0.3, -0.25) is 0 Å². The molecule has 0 saturated carbocycles. The van der Waals surface area contributed by atoms with Gasteiger partial charge in [-0.25, -0.2) is 0 Å². The van der Waals surface area contributed by atoms with E-state index in [0.29, 0.717) is 5.39 Å². The first kappa shape index (κ1) is 10.4. The first-order valence-electron chi connectivity index (χ1n) is 3.69. The molecule has 0 bridgehead atoms. The van der Waals surface area contributed by atoms with E-state index in [0.717, 1.165) is 5.39 Å². The summed E-state index contributed by atoms with van der Waals surface area (Å²) in [5.74, 6) is -0.123. The summed E-state index contributed by atoms with van der Waals surface area (Å²) in [6, 6.07) is 10.6. The second kappa shape index (κ2) is 4.01. The quantitative estimate of drug-likeness (QED) is 0.422. The first-order chi connectivity index (χ1) is 5.79. The van der Waals surface area contributed by atoms with Gasteiger partial charge in [0.1, 0.15) is 0 Å². The molecule has 2 nitrogen and oxygen atoms in total. The molecule has 2 rings (SSSR count). The third-order valence-electron chi connectivity index (χ3n) is 1.88. The molecule has 3 heteroatoms. The van der Waals surface area contributed by atoms with Gasteiger partial charge in [0.05, 0.1) is 0 Å². The van der Waals surface area contributed by atoms with Crippen molar-refractivity contribution in [2.45, 2.75) is 0 Å². The van der Waals surface area contributed by atoms with Crippen molar-refractivity contribution in [2.75, 3.05) is 0 Å². The molecule has 0 aliphatic heterocycles. The van der Waals surface area contributed by atoms with Crippen molar-refractivity contribution in [3.8, 4) is 11.5 Å². The Morgan fingerprint density at radius 3 is 2.38 bits per heavy atom. The number of rotatable bonds is 0. The van der Waals surface area contributed by atoms with Gasteiger partial charge in [-0.05, 0) is 11.5 Å². The Labute approximate surface area is 99.6 Å². The Kier molecular flexibility index (Phi) is 3.20. The van der Waals surface area contributed by atoms with E-state index in [9.17, 15) is 5.11 Å². The van der Waals surface area contributed by atoms with Gasteiger partial charge in [-0.1, -0.05) is 30.3 Å². The fourth-order valence-electron chi connectivity index (χ4n) is 1.24. The maximum atomic E-state index is 9.41. The van der Waals surface area contributed by atoms with Gasteiger partial charge >= 0.3 is 29.6 Å². The van der Waals surface area contributed by atoms with E-state index in [1.165, 1.54) is 6.07 Å². The summed E-state index contributed by atoms with van der Waals surface area (Å²) >= 11 is 0. The van der Waals surface area contributed by atoms with Crippen LogP contribution in [0.15, 0.2) is 36.4 Å². The molecule has 2 N–H and O–H groups in total. The van der Waals surface area contributed by atoms with E-state index < -0.39 is 0 Å². The van der Waals surface area contributed by atoms with Crippen molar-refractivity contribution < 1.29 is 41.2 Å². The van der Waals surface area contributed by atoms with Gasteiger partial charge in [0.25, 0.3) is 0 Å². The summed E-state index contributed by atoms with van der Waals surface area (Å²) in [5.41, 5.74) is 0. The van der Waals surface area contributed by atoms with Crippen molar-refractivity contribution in [3.05, 3.63) is 36.4 Å². The number of aromatic hydroxyl groups is 2. The average Bonchev–Trinajstić information content (AvgIpc) is 2.12. The molecular weight excluding hydrogens is 175 g/mol.